The number of halogens is 1. The van der Waals surface area contributed by atoms with Gasteiger partial charge in [-0.2, -0.15) is 0 Å². The van der Waals surface area contributed by atoms with Crippen LogP contribution in [0.25, 0.3) is 0 Å². The Labute approximate surface area is 120 Å². The van der Waals surface area contributed by atoms with Crippen LogP contribution in [0.5, 0.6) is 0 Å². The molecule has 0 aliphatic carbocycles. The van der Waals surface area contributed by atoms with Crippen molar-refractivity contribution in [2.75, 3.05) is 11.4 Å². The zero-order valence-corrected chi connectivity index (χ0v) is 11.9. The lowest BCUT2D eigenvalue weighted by molar-refractivity contribution is 0.627. The molecule has 1 aliphatic rings. The van der Waals surface area contributed by atoms with E-state index in [9.17, 15) is 4.39 Å². The first-order valence-electron chi connectivity index (χ1n) is 7.37. The molecule has 0 bridgehead atoms. The number of rotatable bonds is 3. The van der Waals surface area contributed by atoms with Gasteiger partial charge in [-0.1, -0.05) is 31.5 Å². The first-order chi connectivity index (χ1) is 9.76. The molecule has 1 aliphatic heterocycles. The summed E-state index contributed by atoms with van der Waals surface area (Å²) in [4.78, 5) is 2.32. The molecule has 0 unspecified atom stereocenters. The zero-order chi connectivity index (χ0) is 13.9. The van der Waals surface area contributed by atoms with Crippen molar-refractivity contribution in [3.05, 3.63) is 65.0 Å². The Hall–Kier alpha value is -1.83. The van der Waals surface area contributed by atoms with E-state index in [1.54, 1.807) is 0 Å². The average Bonchev–Trinajstić information content (AvgIpc) is 2.48. The highest BCUT2D eigenvalue weighted by molar-refractivity contribution is 5.50. The van der Waals surface area contributed by atoms with Gasteiger partial charge in [0, 0.05) is 18.8 Å². The lowest BCUT2D eigenvalue weighted by Gasteiger charge is -2.31. The lowest BCUT2D eigenvalue weighted by atomic mass is 9.95. The van der Waals surface area contributed by atoms with Crippen LogP contribution in [0.2, 0.25) is 0 Å². The minimum Gasteiger partial charge on any atom is -0.367 e. The van der Waals surface area contributed by atoms with Gasteiger partial charge >= 0.3 is 0 Å². The molecule has 0 radical (unpaired) electrons. The van der Waals surface area contributed by atoms with Crippen LogP contribution >= 0.6 is 0 Å². The summed E-state index contributed by atoms with van der Waals surface area (Å²) >= 11 is 0. The van der Waals surface area contributed by atoms with Crippen LogP contribution in [-0.2, 0) is 19.4 Å². The summed E-state index contributed by atoms with van der Waals surface area (Å²) < 4.78 is 13.0. The third-order valence-electron chi connectivity index (χ3n) is 4.01. The van der Waals surface area contributed by atoms with Gasteiger partial charge in [-0.3, -0.25) is 0 Å². The maximum absolute atomic E-state index is 13.0. The molecule has 20 heavy (non-hydrogen) atoms. The van der Waals surface area contributed by atoms with E-state index in [1.807, 2.05) is 12.1 Å². The van der Waals surface area contributed by atoms with Crippen molar-refractivity contribution in [1.29, 1.82) is 0 Å². The standard InChI is InChI=1S/C18H20FN/c1-2-3-14-4-5-16-13-20(11-10-15(16)12-14)18-8-6-17(19)7-9-18/h4-9,12H,2-3,10-11,13H2,1H3. The molecule has 0 atom stereocenters. The SMILES string of the molecule is CCCc1ccc2c(c1)CCN(c1ccc(F)cc1)C2. The average molecular weight is 269 g/mol. The summed E-state index contributed by atoms with van der Waals surface area (Å²) in [5.41, 5.74) is 5.44. The summed E-state index contributed by atoms with van der Waals surface area (Å²) in [6.45, 7) is 4.15. The summed E-state index contributed by atoms with van der Waals surface area (Å²) in [7, 11) is 0. The van der Waals surface area contributed by atoms with Crippen LogP contribution in [0.15, 0.2) is 42.5 Å². The Bertz CT molecular complexity index is 589. The minimum absolute atomic E-state index is 0.171. The van der Waals surface area contributed by atoms with Crippen molar-refractivity contribution in [3.8, 4) is 0 Å². The second-order valence-corrected chi connectivity index (χ2v) is 5.50. The van der Waals surface area contributed by atoms with E-state index in [4.69, 9.17) is 0 Å². The van der Waals surface area contributed by atoms with E-state index in [0.717, 1.165) is 31.6 Å². The second-order valence-electron chi connectivity index (χ2n) is 5.50. The Morgan fingerprint density at radius 2 is 1.85 bits per heavy atom. The highest BCUT2D eigenvalue weighted by atomic mass is 19.1. The fraction of sp³-hybridized carbons (Fsp3) is 0.333. The molecule has 0 N–H and O–H groups in total. The number of nitrogens with zero attached hydrogens (tertiary/aromatic N) is 1. The van der Waals surface area contributed by atoms with E-state index in [2.05, 4.69) is 30.0 Å². The molecular formula is C18H20FN. The van der Waals surface area contributed by atoms with Crippen LogP contribution in [0.4, 0.5) is 10.1 Å². The Morgan fingerprint density at radius 1 is 1.05 bits per heavy atom. The summed E-state index contributed by atoms with van der Waals surface area (Å²) in [6.07, 6.45) is 3.43. The highest BCUT2D eigenvalue weighted by Gasteiger charge is 2.16. The van der Waals surface area contributed by atoms with Gasteiger partial charge in [-0.05, 0) is 53.8 Å². The van der Waals surface area contributed by atoms with Crippen molar-refractivity contribution in [2.24, 2.45) is 0 Å². The molecule has 2 heteroatoms. The third-order valence-corrected chi connectivity index (χ3v) is 4.01. The van der Waals surface area contributed by atoms with E-state index in [-0.39, 0.29) is 5.82 Å². The molecule has 1 heterocycles. The molecule has 0 saturated carbocycles. The number of fused-ring (bicyclic) bond motifs is 1. The monoisotopic (exact) mass is 269 g/mol. The van der Waals surface area contributed by atoms with Crippen molar-refractivity contribution in [1.82, 2.24) is 0 Å². The molecule has 0 amide bonds. The number of anilines is 1. The third kappa shape index (κ3) is 2.69. The molecule has 0 spiro atoms. The maximum atomic E-state index is 13.0. The predicted molar refractivity (Wildman–Crippen MR) is 81.6 cm³/mol. The van der Waals surface area contributed by atoms with E-state index in [0.29, 0.717) is 0 Å². The van der Waals surface area contributed by atoms with Gasteiger partial charge in [0.2, 0.25) is 0 Å². The number of hydrogen-bond acceptors (Lipinski definition) is 1. The first-order valence-corrected chi connectivity index (χ1v) is 7.37. The van der Waals surface area contributed by atoms with Crippen LogP contribution in [-0.4, -0.2) is 6.54 Å². The van der Waals surface area contributed by atoms with Gasteiger partial charge in [-0.15, -0.1) is 0 Å². The smallest absolute Gasteiger partial charge is 0.123 e. The van der Waals surface area contributed by atoms with E-state index >= 15 is 0 Å². The summed E-state index contributed by atoms with van der Waals surface area (Å²) in [5, 5.41) is 0. The van der Waals surface area contributed by atoms with Crippen molar-refractivity contribution >= 4 is 5.69 Å². The largest absolute Gasteiger partial charge is 0.367 e. The second kappa shape index (κ2) is 5.66. The van der Waals surface area contributed by atoms with Gasteiger partial charge in [0.05, 0.1) is 0 Å². The number of benzene rings is 2. The van der Waals surface area contributed by atoms with Crippen molar-refractivity contribution < 1.29 is 4.39 Å². The highest BCUT2D eigenvalue weighted by Crippen LogP contribution is 2.25. The van der Waals surface area contributed by atoms with Crippen LogP contribution < -0.4 is 4.90 Å². The van der Waals surface area contributed by atoms with Crippen molar-refractivity contribution in [3.63, 3.8) is 0 Å². The maximum Gasteiger partial charge on any atom is 0.123 e. The molecule has 2 aromatic rings. The van der Waals surface area contributed by atoms with Gasteiger partial charge in [0.1, 0.15) is 5.82 Å². The molecule has 3 rings (SSSR count). The van der Waals surface area contributed by atoms with Crippen LogP contribution in [0, 0.1) is 5.82 Å². The van der Waals surface area contributed by atoms with Crippen molar-refractivity contribution in [2.45, 2.75) is 32.7 Å². The number of hydrogen-bond donors (Lipinski definition) is 0. The Balaban J connectivity index is 1.80. The minimum atomic E-state index is -0.171. The van der Waals surface area contributed by atoms with Gasteiger partial charge in [0.15, 0.2) is 0 Å². The molecule has 1 nitrogen and oxygen atoms in total. The molecule has 0 fully saturated rings. The summed E-state index contributed by atoms with van der Waals surface area (Å²) in [5.74, 6) is -0.171. The van der Waals surface area contributed by atoms with E-state index in [1.165, 1.54) is 35.2 Å². The molecule has 0 aromatic heterocycles. The zero-order valence-electron chi connectivity index (χ0n) is 11.9. The van der Waals surface area contributed by atoms with Gasteiger partial charge in [-0.25, -0.2) is 4.39 Å². The molecule has 0 saturated heterocycles. The summed E-state index contributed by atoms with van der Waals surface area (Å²) in [6, 6.07) is 13.7. The normalized spacial score (nSPS) is 14.2. The molecule has 2 aromatic carbocycles. The quantitative estimate of drug-likeness (QED) is 0.801. The Kier molecular flexibility index (Phi) is 3.72. The Morgan fingerprint density at radius 3 is 2.60 bits per heavy atom. The van der Waals surface area contributed by atoms with Gasteiger partial charge in [0.25, 0.3) is 0 Å². The lowest BCUT2D eigenvalue weighted by Crippen LogP contribution is -2.30. The predicted octanol–water partition coefficient (Wildman–Crippen LogP) is 4.34. The topological polar surface area (TPSA) is 3.24 Å². The number of aryl methyl sites for hydroxylation is 1. The first kappa shape index (κ1) is 13.2. The fourth-order valence-corrected chi connectivity index (χ4v) is 2.92. The van der Waals surface area contributed by atoms with E-state index < -0.39 is 0 Å². The molecule has 104 valence electrons. The van der Waals surface area contributed by atoms with Crippen LogP contribution in [0.3, 0.4) is 0 Å². The fourth-order valence-electron chi connectivity index (χ4n) is 2.92. The molecular weight excluding hydrogens is 249 g/mol. The van der Waals surface area contributed by atoms with Crippen LogP contribution in [0.1, 0.15) is 30.0 Å². The van der Waals surface area contributed by atoms with Gasteiger partial charge < -0.3 is 4.90 Å².